The van der Waals surface area contributed by atoms with Gasteiger partial charge in [0.1, 0.15) is 18.5 Å². The first-order chi connectivity index (χ1) is 14.9. The molecular weight excluding hydrogens is 394 g/mol. The van der Waals surface area contributed by atoms with Crippen LogP contribution in [0.2, 0.25) is 0 Å². The van der Waals surface area contributed by atoms with Crippen molar-refractivity contribution in [1.29, 1.82) is 0 Å². The number of amides is 1. The second-order valence-electron chi connectivity index (χ2n) is 8.79. The van der Waals surface area contributed by atoms with E-state index in [4.69, 9.17) is 20.6 Å². The van der Waals surface area contributed by atoms with Crippen LogP contribution < -0.4 is 15.8 Å². The Morgan fingerprint density at radius 3 is 2.58 bits per heavy atom. The summed E-state index contributed by atoms with van der Waals surface area (Å²) >= 11 is 0. The summed E-state index contributed by atoms with van der Waals surface area (Å²) in [5, 5.41) is 11.6. The standard InChI is InChI=1S/C23H29N5O3/c1-23(2)20(28-19-21(24)26-13-27-22(19)31-23)17-9-7-16(8-10-17)15-5-3-14(4-6-15)11-25-18(30)12-29/h7-10,13-15,29H,3-6,11-12H2,1-2H3,(H,25,30)(H2,24,26,27). The van der Waals surface area contributed by atoms with Gasteiger partial charge in [0.05, 0.1) is 5.71 Å². The van der Waals surface area contributed by atoms with Crippen LogP contribution in [0.3, 0.4) is 0 Å². The molecule has 1 aliphatic heterocycles. The van der Waals surface area contributed by atoms with Gasteiger partial charge in [-0.2, -0.15) is 4.98 Å². The normalized spacial score (nSPS) is 22.1. The molecule has 4 N–H and O–H groups in total. The maximum atomic E-state index is 11.2. The first-order valence-electron chi connectivity index (χ1n) is 10.7. The molecule has 0 bridgehead atoms. The molecule has 164 valence electrons. The number of nitrogens with one attached hydrogen (secondary N) is 1. The van der Waals surface area contributed by atoms with Gasteiger partial charge in [-0.3, -0.25) is 4.79 Å². The highest BCUT2D eigenvalue weighted by molar-refractivity contribution is 6.09. The number of nitrogen functional groups attached to an aromatic ring is 1. The molecule has 31 heavy (non-hydrogen) atoms. The van der Waals surface area contributed by atoms with Crippen LogP contribution in [0.15, 0.2) is 35.6 Å². The number of nitrogens with zero attached hydrogens (tertiary/aromatic N) is 3. The molecule has 0 radical (unpaired) electrons. The van der Waals surface area contributed by atoms with Gasteiger partial charge in [0.15, 0.2) is 11.5 Å². The van der Waals surface area contributed by atoms with Crippen LogP contribution in [-0.2, 0) is 4.79 Å². The van der Waals surface area contributed by atoms with Crippen molar-refractivity contribution in [2.45, 2.75) is 51.0 Å². The fraction of sp³-hybridized carbons (Fsp3) is 0.478. The van der Waals surface area contributed by atoms with Crippen molar-refractivity contribution >= 4 is 23.1 Å². The van der Waals surface area contributed by atoms with Crippen LogP contribution in [0.1, 0.15) is 56.6 Å². The minimum atomic E-state index is -0.633. The summed E-state index contributed by atoms with van der Waals surface area (Å²) in [6.45, 7) is 4.14. The quantitative estimate of drug-likeness (QED) is 0.680. The van der Waals surface area contributed by atoms with E-state index in [1.54, 1.807) is 0 Å². The molecule has 4 rings (SSSR count). The van der Waals surface area contributed by atoms with Crippen molar-refractivity contribution in [1.82, 2.24) is 15.3 Å². The number of aromatic nitrogens is 2. The van der Waals surface area contributed by atoms with Crippen LogP contribution in [0.4, 0.5) is 11.5 Å². The van der Waals surface area contributed by atoms with E-state index in [0.29, 0.717) is 35.8 Å². The zero-order valence-electron chi connectivity index (χ0n) is 18.0. The Hall–Kier alpha value is -3.00. The molecule has 1 saturated carbocycles. The fourth-order valence-corrected chi connectivity index (χ4v) is 4.43. The molecule has 0 saturated heterocycles. The molecule has 1 aromatic carbocycles. The summed E-state index contributed by atoms with van der Waals surface area (Å²) < 4.78 is 6.07. The van der Waals surface area contributed by atoms with E-state index >= 15 is 0 Å². The molecule has 2 aromatic rings. The molecule has 2 aliphatic rings. The third-order valence-corrected chi connectivity index (χ3v) is 6.20. The zero-order valence-corrected chi connectivity index (χ0v) is 18.0. The van der Waals surface area contributed by atoms with Crippen molar-refractivity contribution in [3.05, 3.63) is 41.7 Å². The third-order valence-electron chi connectivity index (χ3n) is 6.20. The van der Waals surface area contributed by atoms with Gasteiger partial charge in [0.2, 0.25) is 11.8 Å². The number of fused-ring (bicyclic) bond motifs is 1. The summed E-state index contributed by atoms with van der Waals surface area (Å²) in [4.78, 5) is 24.2. The number of aliphatic hydroxyl groups is 1. The summed E-state index contributed by atoms with van der Waals surface area (Å²) in [6, 6.07) is 8.54. The topological polar surface area (TPSA) is 123 Å². The molecule has 2 heterocycles. The Morgan fingerprint density at radius 1 is 1.19 bits per heavy atom. The molecule has 0 atom stereocenters. The van der Waals surface area contributed by atoms with E-state index in [1.165, 1.54) is 11.9 Å². The van der Waals surface area contributed by atoms with Crippen molar-refractivity contribution in [2.24, 2.45) is 10.9 Å². The van der Waals surface area contributed by atoms with Gasteiger partial charge in [-0.15, -0.1) is 0 Å². The Labute approximate surface area is 182 Å². The lowest BCUT2D eigenvalue weighted by atomic mass is 9.78. The first kappa shape index (κ1) is 21.2. The minimum absolute atomic E-state index is 0.300. The summed E-state index contributed by atoms with van der Waals surface area (Å²) in [5.74, 6) is 1.41. The number of ether oxygens (including phenoxy) is 1. The van der Waals surface area contributed by atoms with Gasteiger partial charge >= 0.3 is 0 Å². The van der Waals surface area contributed by atoms with E-state index in [-0.39, 0.29) is 5.91 Å². The van der Waals surface area contributed by atoms with Gasteiger partial charge in [-0.25, -0.2) is 9.98 Å². The Bertz CT molecular complexity index is 979. The van der Waals surface area contributed by atoms with Gasteiger partial charge in [0.25, 0.3) is 0 Å². The van der Waals surface area contributed by atoms with Gasteiger partial charge in [-0.05, 0) is 56.9 Å². The van der Waals surface area contributed by atoms with Gasteiger partial charge < -0.3 is 20.9 Å². The third kappa shape index (κ3) is 4.54. The smallest absolute Gasteiger partial charge is 0.246 e. The molecule has 8 nitrogen and oxygen atoms in total. The van der Waals surface area contributed by atoms with E-state index in [0.717, 1.165) is 37.0 Å². The lowest BCUT2D eigenvalue weighted by molar-refractivity contribution is -0.124. The Kier molecular flexibility index (Phi) is 5.91. The molecule has 0 unspecified atom stereocenters. The fourth-order valence-electron chi connectivity index (χ4n) is 4.43. The van der Waals surface area contributed by atoms with Gasteiger partial charge in [-0.1, -0.05) is 24.3 Å². The number of carbonyl (C=O) groups is 1. The van der Waals surface area contributed by atoms with Crippen molar-refractivity contribution < 1.29 is 14.6 Å². The van der Waals surface area contributed by atoms with E-state index in [9.17, 15) is 4.79 Å². The molecule has 0 spiro atoms. The number of nitrogens with two attached hydrogens (primary N) is 1. The van der Waals surface area contributed by atoms with Gasteiger partial charge in [0, 0.05) is 12.1 Å². The largest absolute Gasteiger partial charge is 0.463 e. The Morgan fingerprint density at radius 2 is 1.90 bits per heavy atom. The number of benzene rings is 1. The van der Waals surface area contributed by atoms with E-state index in [1.807, 2.05) is 13.8 Å². The first-order valence-corrected chi connectivity index (χ1v) is 10.7. The maximum Gasteiger partial charge on any atom is 0.246 e. The minimum Gasteiger partial charge on any atom is -0.463 e. The average molecular weight is 424 g/mol. The molecule has 8 heteroatoms. The summed E-state index contributed by atoms with van der Waals surface area (Å²) in [5.41, 5.74) is 8.93. The Balaban J connectivity index is 1.45. The van der Waals surface area contributed by atoms with Crippen LogP contribution in [0.25, 0.3) is 0 Å². The number of aliphatic hydroxyl groups excluding tert-OH is 1. The molecular formula is C23H29N5O3. The van der Waals surface area contributed by atoms with Crippen LogP contribution in [0.5, 0.6) is 5.88 Å². The van der Waals surface area contributed by atoms with Crippen molar-refractivity contribution in [3.8, 4) is 5.88 Å². The second-order valence-corrected chi connectivity index (χ2v) is 8.79. The second kappa shape index (κ2) is 8.63. The van der Waals surface area contributed by atoms with E-state index < -0.39 is 12.2 Å². The monoisotopic (exact) mass is 423 g/mol. The van der Waals surface area contributed by atoms with E-state index in [2.05, 4.69) is 39.6 Å². The predicted molar refractivity (Wildman–Crippen MR) is 119 cm³/mol. The number of anilines is 1. The van der Waals surface area contributed by atoms with Crippen LogP contribution in [-0.4, -0.2) is 45.4 Å². The molecule has 1 aliphatic carbocycles. The number of hydrogen-bond acceptors (Lipinski definition) is 7. The summed E-state index contributed by atoms with van der Waals surface area (Å²) in [6.07, 6.45) is 5.71. The zero-order chi connectivity index (χ0) is 22.0. The number of rotatable bonds is 5. The average Bonchev–Trinajstić information content (AvgIpc) is 2.77. The SMILES string of the molecule is CC1(C)Oc2ncnc(N)c2N=C1c1ccc(C2CCC(CNC(=O)CO)CC2)cc1. The maximum absolute atomic E-state index is 11.2. The molecule has 1 amide bonds. The number of aliphatic imine (C=N–C) groups is 1. The summed E-state index contributed by atoms with van der Waals surface area (Å²) in [7, 11) is 0. The highest BCUT2D eigenvalue weighted by Crippen LogP contribution is 2.39. The van der Waals surface area contributed by atoms with Crippen molar-refractivity contribution in [2.75, 3.05) is 18.9 Å². The lowest BCUT2D eigenvalue weighted by Crippen LogP contribution is -2.41. The molecule has 1 fully saturated rings. The number of carbonyl (C=O) groups excluding carboxylic acids is 1. The number of hydrogen-bond donors (Lipinski definition) is 3. The van der Waals surface area contributed by atoms with Crippen LogP contribution >= 0.6 is 0 Å². The van der Waals surface area contributed by atoms with Crippen molar-refractivity contribution in [3.63, 3.8) is 0 Å². The van der Waals surface area contributed by atoms with Crippen LogP contribution in [0, 0.1) is 5.92 Å². The highest BCUT2D eigenvalue weighted by Gasteiger charge is 2.35. The lowest BCUT2D eigenvalue weighted by Gasteiger charge is -2.32. The molecule has 1 aromatic heterocycles. The predicted octanol–water partition coefficient (Wildman–Crippen LogP) is 2.73. The highest BCUT2D eigenvalue weighted by atomic mass is 16.5.